The lowest BCUT2D eigenvalue weighted by Gasteiger charge is -2.42. The molecule has 2 heterocycles. The van der Waals surface area contributed by atoms with E-state index in [4.69, 9.17) is 21.1 Å². The van der Waals surface area contributed by atoms with Gasteiger partial charge in [0.25, 0.3) is 0 Å². The number of ether oxygens (including phenoxy) is 2. The summed E-state index contributed by atoms with van der Waals surface area (Å²) in [5.74, 6) is 0.635. The van der Waals surface area contributed by atoms with Crippen LogP contribution in [0.5, 0.6) is 5.75 Å². The van der Waals surface area contributed by atoms with Gasteiger partial charge in [0.2, 0.25) is 15.9 Å². The van der Waals surface area contributed by atoms with Crippen molar-refractivity contribution in [2.24, 2.45) is 5.41 Å². The minimum absolute atomic E-state index is 0.0249. The fourth-order valence-electron chi connectivity index (χ4n) is 4.59. The highest BCUT2D eigenvalue weighted by Crippen LogP contribution is 2.37. The first-order valence-corrected chi connectivity index (χ1v) is 13.6. The van der Waals surface area contributed by atoms with Gasteiger partial charge in [-0.2, -0.15) is 0 Å². The molecule has 0 saturated carbocycles. The molecule has 2 saturated heterocycles. The maximum atomic E-state index is 13.3. The van der Waals surface area contributed by atoms with Crippen molar-refractivity contribution in [2.75, 3.05) is 46.0 Å². The molecule has 184 valence electrons. The van der Waals surface area contributed by atoms with E-state index in [0.29, 0.717) is 55.6 Å². The van der Waals surface area contributed by atoms with Gasteiger partial charge in [-0.05, 0) is 42.7 Å². The van der Waals surface area contributed by atoms with Crippen molar-refractivity contribution in [1.29, 1.82) is 0 Å². The van der Waals surface area contributed by atoms with Crippen molar-refractivity contribution in [3.8, 4) is 5.75 Å². The monoisotopic (exact) mass is 506 g/mol. The molecule has 2 aliphatic rings. The highest BCUT2D eigenvalue weighted by atomic mass is 35.5. The van der Waals surface area contributed by atoms with E-state index in [2.05, 4.69) is 0 Å². The van der Waals surface area contributed by atoms with Gasteiger partial charge in [0.05, 0.1) is 25.6 Å². The molecule has 0 aliphatic carbocycles. The molecule has 4 rings (SSSR count). The van der Waals surface area contributed by atoms with Gasteiger partial charge in [-0.15, -0.1) is 0 Å². The van der Waals surface area contributed by atoms with E-state index in [1.807, 2.05) is 35.2 Å². The van der Waals surface area contributed by atoms with E-state index in [0.717, 1.165) is 6.42 Å². The van der Waals surface area contributed by atoms with E-state index in [1.165, 1.54) is 4.31 Å². The minimum Gasteiger partial charge on any atom is -0.493 e. The number of halogens is 1. The number of benzene rings is 2. The lowest BCUT2D eigenvalue weighted by molar-refractivity contribution is -0.139. The van der Waals surface area contributed by atoms with E-state index in [1.54, 1.807) is 24.3 Å². The zero-order valence-corrected chi connectivity index (χ0v) is 20.8. The van der Waals surface area contributed by atoms with Crippen LogP contribution in [-0.2, 0) is 25.3 Å². The highest BCUT2D eigenvalue weighted by Gasteiger charge is 2.42. The predicted octanol–water partition coefficient (Wildman–Crippen LogP) is 3.58. The van der Waals surface area contributed by atoms with Crippen molar-refractivity contribution in [3.63, 3.8) is 0 Å². The molecule has 2 aromatic carbocycles. The summed E-state index contributed by atoms with van der Waals surface area (Å²) >= 11 is 5.95. The SMILES string of the molecule is O=C(C[C@]1(COc2ccccc2)CCCN(S(=O)(=O)Cc2ccc(Cl)cc2)C1)N1CCOCC1. The van der Waals surface area contributed by atoms with Gasteiger partial charge in [-0.3, -0.25) is 4.79 Å². The largest absolute Gasteiger partial charge is 0.493 e. The Labute approximate surface area is 206 Å². The van der Waals surface area contributed by atoms with Crippen molar-refractivity contribution >= 4 is 27.5 Å². The third kappa shape index (κ3) is 6.50. The molecule has 1 atom stereocenters. The Kier molecular flexibility index (Phi) is 8.14. The summed E-state index contributed by atoms with van der Waals surface area (Å²) in [6.07, 6.45) is 1.64. The Hall–Kier alpha value is -2.13. The molecule has 2 aliphatic heterocycles. The minimum atomic E-state index is -3.57. The summed E-state index contributed by atoms with van der Waals surface area (Å²) in [5.41, 5.74) is 0.0850. The van der Waals surface area contributed by atoms with E-state index >= 15 is 0 Å². The summed E-state index contributed by atoms with van der Waals surface area (Å²) in [4.78, 5) is 15.0. The van der Waals surface area contributed by atoms with Gasteiger partial charge < -0.3 is 14.4 Å². The fourth-order valence-corrected chi connectivity index (χ4v) is 6.39. The summed E-state index contributed by atoms with van der Waals surface area (Å²) < 4.78 is 39.7. The maximum Gasteiger partial charge on any atom is 0.223 e. The molecule has 7 nitrogen and oxygen atoms in total. The molecule has 0 radical (unpaired) electrons. The molecule has 34 heavy (non-hydrogen) atoms. The Morgan fingerprint density at radius 3 is 2.44 bits per heavy atom. The number of sulfonamides is 1. The number of rotatable bonds is 8. The third-order valence-electron chi connectivity index (χ3n) is 6.46. The molecule has 2 aromatic rings. The average Bonchev–Trinajstić information content (AvgIpc) is 2.85. The number of piperidine rings is 1. The Bertz CT molecular complexity index is 1060. The number of morpholine rings is 1. The summed E-state index contributed by atoms with van der Waals surface area (Å²) in [6.45, 7) is 3.16. The van der Waals surface area contributed by atoms with Crippen molar-refractivity contribution in [2.45, 2.75) is 25.0 Å². The second-order valence-electron chi connectivity index (χ2n) is 9.09. The molecule has 0 aromatic heterocycles. The zero-order chi connectivity index (χ0) is 24.0. The second kappa shape index (κ2) is 11.1. The highest BCUT2D eigenvalue weighted by molar-refractivity contribution is 7.88. The van der Waals surface area contributed by atoms with Crippen molar-refractivity contribution in [1.82, 2.24) is 9.21 Å². The van der Waals surface area contributed by atoms with Crippen LogP contribution in [0, 0.1) is 5.41 Å². The Morgan fingerprint density at radius 2 is 1.74 bits per heavy atom. The van der Waals surface area contributed by atoms with Crippen LogP contribution < -0.4 is 4.74 Å². The summed E-state index contributed by atoms with van der Waals surface area (Å²) in [6, 6.07) is 16.3. The summed E-state index contributed by atoms with van der Waals surface area (Å²) in [5, 5.41) is 0.567. The van der Waals surface area contributed by atoms with Gasteiger partial charge in [0, 0.05) is 43.0 Å². The van der Waals surface area contributed by atoms with Crippen LogP contribution in [-0.4, -0.2) is 69.5 Å². The number of hydrogen-bond donors (Lipinski definition) is 0. The van der Waals surface area contributed by atoms with Crippen molar-refractivity contribution in [3.05, 3.63) is 65.2 Å². The smallest absolute Gasteiger partial charge is 0.223 e. The Morgan fingerprint density at radius 1 is 1.03 bits per heavy atom. The molecular weight excluding hydrogens is 476 g/mol. The number of carbonyl (C=O) groups is 1. The fraction of sp³-hybridized carbons (Fsp3) is 0.480. The number of hydrogen-bond acceptors (Lipinski definition) is 5. The first kappa shape index (κ1) is 25.0. The van der Waals surface area contributed by atoms with Gasteiger partial charge in [0.1, 0.15) is 5.75 Å². The summed E-state index contributed by atoms with van der Waals surface area (Å²) in [7, 11) is -3.57. The first-order valence-electron chi connectivity index (χ1n) is 11.6. The number of para-hydroxylation sites is 1. The molecular formula is C25H31ClN2O5S. The van der Waals surface area contributed by atoms with E-state index in [-0.39, 0.29) is 31.2 Å². The van der Waals surface area contributed by atoms with E-state index in [9.17, 15) is 13.2 Å². The van der Waals surface area contributed by atoms with Gasteiger partial charge in [-0.1, -0.05) is 41.9 Å². The lowest BCUT2D eigenvalue weighted by Crippen LogP contribution is -2.52. The standard InChI is InChI=1S/C25H31ClN2O5S/c26-22-9-7-21(8-10-22)18-34(30,31)28-12-4-11-25(19-28,20-33-23-5-2-1-3-6-23)17-24(29)27-13-15-32-16-14-27/h1-3,5-10H,4,11-20H2/t25-/m1/s1. The molecule has 0 N–H and O–H groups in total. The van der Waals surface area contributed by atoms with Crippen LogP contribution >= 0.6 is 11.6 Å². The van der Waals surface area contributed by atoms with E-state index < -0.39 is 15.4 Å². The lowest BCUT2D eigenvalue weighted by atomic mass is 9.78. The van der Waals surface area contributed by atoms with Gasteiger partial charge in [-0.25, -0.2) is 12.7 Å². The second-order valence-corrected chi connectivity index (χ2v) is 11.5. The predicted molar refractivity (Wildman–Crippen MR) is 131 cm³/mol. The first-order chi connectivity index (χ1) is 16.4. The maximum absolute atomic E-state index is 13.3. The van der Waals surface area contributed by atoms with Crippen LogP contribution in [0.15, 0.2) is 54.6 Å². The number of amides is 1. The zero-order valence-electron chi connectivity index (χ0n) is 19.2. The third-order valence-corrected chi connectivity index (χ3v) is 8.51. The molecule has 9 heteroatoms. The quantitative estimate of drug-likeness (QED) is 0.547. The molecule has 0 spiro atoms. The van der Waals surface area contributed by atoms with Gasteiger partial charge in [0.15, 0.2) is 0 Å². The molecule has 0 bridgehead atoms. The topological polar surface area (TPSA) is 76.2 Å². The van der Waals surface area contributed by atoms with Crippen LogP contribution in [0.25, 0.3) is 0 Å². The molecule has 0 unspecified atom stereocenters. The van der Waals surface area contributed by atoms with Crippen LogP contribution in [0.3, 0.4) is 0 Å². The average molecular weight is 507 g/mol. The number of nitrogens with zero attached hydrogens (tertiary/aromatic N) is 2. The number of carbonyl (C=O) groups excluding carboxylic acids is 1. The Balaban J connectivity index is 1.52. The van der Waals surface area contributed by atoms with Crippen LogP contribution in [0.1, 0.15) is 24.8 Å². The van der Waals surface area contributed by atoms with Gasteiger partial charge >= 0.3 is 0 Å². The molecule has 1 amide bonds. The normalized spacial score (nSPS) is 21.9. The van der Waals surface area contributed by atoms with Crippen LogP contribution in [0.4, 0.5) is 0 Å². The van der Waals surface area contributed by atoms with Crippen LogP contribution in [0.2, 0.25) is 5.02 Å². The van der Waals surface area contributed by atoms with Crippen molar-refractivity contribution < 1.29 is 22.7 Å². The molecule has 2 fully saturated rings.